The number of nitro groups is 1. The van der Waals surface area contributed by atoms with Crippen molar-refractivity contribution in [1.82, 2.24) is 9.13 Å². The number of hydrogen-bond donors (Lipinski definition) is 2. The van der Waals surface area contributed by atoms with Gasteiger partial charge >= 0.3 is 11.4 Å². The number of hydrogen-bond acceptors (Lipinski definition) is 8. The molecule has 0 aliphatic heterocycles. The molecule has 0 spiro atoms. The molecule has 2 rings (SSSR count). The second-order valence-corrected chi connectivity index (χ2v) is 5.45. The van der Waals surface area contributed by atoms with Gasteiger partial charge in [0.2, 0.25) is 11.6 Å². The highest BCUT2D eigenvalue weighted by Crippen LogP contribution is 2.37. The van der Waals surface area contributed by atoms with Crippen LogP contribution < -0.4 is 16.0 Å². The van der Waals surface area contributed by atoms with Crippen LogP contribution in [0.2, 0.25) is 0 Å². The van der Waals surface area contributed by atoms with Gasteiger partial charge in [-0.3, -0.25) is 28.8 Å². The summed E-state index contributed by atoms with van der Waals surface area (Å²) in [4.78, 5) is 46.3. The number of rotatable bonds is 5. The predicted molar refractivity (Wildman–Crippen MR) is 93.3 cm³/mol. The second-order valence-electron chi connectivity index (χ2n) is 5.45. The van der Waals surface area contributed by atoms with E-state index in [1.165, 1.54) is 20.2 Å². The smallest absolute Gasteiger partial charge is 0.333 e. The third kappa shape index (κ3) is 3.42. The summed E-state index contributed by atoms with van der Waals surface area (Å²) in [6.45, 7) is 0. The highest BCUT2D eigenvalue weighted by molar-refractivity contribution is 6.08. The maximum absolute atomic E-state index is 12.3. The molecule has 2 N–H and O–H groups in total. The molecule has 1 aromatic carbocycles. The van der Waals surface area contributed by atoms with E-state index in [1.54, 1.807) is 0 Å². The summed E-state index contributed by atoms with van der Waals surface area (Å²) in [6, 6.07) is 2.24. The van der Waals surface area contributed by atoms with Crippen LogP contribution in [0.5, 0.6) is 17.4 Å². The lowest BCUT2D eigenvalue weighted by molar-refractivity contribution is -0.386. The Balaban J connectivity index is 2.53. The molecule has 0 aliphatic carbocycles. The van der Waals surface area contributed by atoms with E-state index >= 15 is 0 Å². The Labute approximate surface area is 151 Å². The first-order valence-corrected chi connectivity index (χ1v) is 7.36. The summed E-state index contributed by atoms with van der Waals surface area (Å²) >= 11 is 0. The van der Waals surface area contributed by atoms with Crippen molar-refractivity contribution in [3.63, 3.8) is 0 Å². The molecular weight excluding hydrogens is 362 g/mol. The number of aromatic hydroxyl groups is 2. The maximum Gasteiger partial charge on any atom is 0.333 e. The number of benzene rings is 1. The first-order valence-electron chi connectivity index (χ1n) is 7.36. The quantitative estimate of drug-likeness (QED) is 0.326. The summed E-state index contributed by atoms with van der Waals surface area (Å²) in [6.07, 6.45) is 2.04. The number of nitrogens with zero attached hydrogens (tertiary/aromatic N) is 3. The number of carbonyl (C=O) groups is 1. The Morgan fingerprint density at radius 1 is 1.22 bits per heavy atom. The van der Waals surface area contributed by atoms with Crippen LogP contribution in [-0.4, -0.2) is 37.2 Å². The summed E-state index contributed by atoms with van der Waals surface area (Å²) in [5.41, 5.74) is -2.93. The first kappa shape index (κ1) is 19.4. The van der Waals surface area contributed by atoms with Crippen molar-refractivity contribution in [1.29, 1.82) is 0 Å². The van der Waals surface area contributed by atoms with E-state index < -0.39 is 44.8 Å². The van der Waals surface area contributed by atoms with E-state index in [0.717, 1.165) is 29.8 Å². The molecular formula is C16H15N3O8. The van der Waals surface area contributed by atoms with E-state index in [4.69, 9.17) is 4.74 Å². The van der Waals surface area contributed by atoms with Crippen LogP contribution in [0.1, 0.15) is 15.9 Å². The fourth-order valence-corrected chi connectivity index (χ4v) is 2.31. The Hall–Kier alpha value is -3.89. The molecule has 0 aliphatic rings. The van der Waals surface area contributed by atoms with Crippen LogP contribution in [0.15, 0.2) is 27.8 Å². The number of nitro benzene ring substituents is 1. The standard InChI is InChI=1S/C16H15N3O8/c1-17-14(22)12(15(23)18(2)16(17)24)10(20)5-4-8-6-9(19(25)26)13(21)11(7-8)27-3/h4-7,21-22H,1-3H3/b5-4+. The minimum absolute atomic E-state index is 0.130. The molecule has 1 aromatic heterocycles. The third-order valence-corrected chi connectivity index (χ3v) is 3.80. The van der Waals surface area contributed by atoms with Gasteiger partial charge in [-0.05, 0) is 17.7 Å². The van der Waals surface area contributed by atoms with Gasteiger partial charge < -0.3 is 14.9 Å². The molecule has 0 bridgehead atoms. The molecule has 1 heterocycles. The van der Waals surface area contributed by atoms with Gasteiger partial charge in [-0.1, -0.05) is 6.08 Å². The van der Waals surface area contributed by atoms with Crippen LogP contribution in [0, 0.1) is 10.1 Å². The van der Waals surface area contributed by atoms with Crippen LogP contribution >= 0.6 is 0 Å². The number of allylic oxidation sites excluding steroid dienone is 1. The topological polar surface area (TPSA) is 154 Å². The van der Waals surface area contributed by atoms with Crippen molar-refractivity contribution in [3.05, 3.63) is 60.3 Å². The van der Waals surface area contributed by atoms with Crippen molar-refractivity contribution in [2.24, 2.45) is 14.1 Å². The monoisotopic (exact) mass is 377 g/mol. The van der Waals surface area contributed by atoms with Gasteiger partial charge in [0, 0.05) is 20.2 Å². The van der Waals surface area contributed by atoms with Gasteiger partial charge in [-0.2, -0.15) is 0 Å². The molecule has 0 radical (unpaired) electrons. The van der Waals surface area contributed by atoms with Gasteiger partial charge in [0.05, 0.1) is 12.0 Å². The second kappa shape index (κ2) is 7.15. The average Bonchev–Trinajstić information content (AvgIpc) is 2.63. The SMILES string of the molecule is COc1cc(/C=C/C(=O)c2c(O)n(C)c(=O)n(C)c2=O)cc([N+](=O)[O-])c1O. The number of phenolic OH excluding ortho intramolecular Hbond substituents is 1. The van der Waals surface area contributed by atoms with Crippen molar-refractivity contribution in [2.75, 3.05) is 7.11 Å². The number of ketones is 1. The van der Waals surface area contributed by atoms with Gasteiger partial charge in [0.1, 0.15) is 5.56 Å². The largest absolute Gasteiger partial charge is 0.500 e. The molecule has 11 nitrogen and oxygen atoms in total. The predicted octanol–water partition coefficient (Wildman–Crippen LogP) is 0.308. The van der Waals surface area contributed by atoms with Gasteiger partial charge in [-0.15, -0.1) is 0 Å². The zero-order valence-electron chi connectivity index (χ0n) is 14.5. The molecule has 0 amide bonds. The lowest BCUT2D eigenvalue weighted by Gasteiger charge is -2.08. The summed E-state index contributed by atoms with van der Waals surface area (Å²) in [7, 11) is 3.54. The molecule has 0 atom stereocenters. The Morgan fingerprint density at radius 2 is 1.85 bits per heavy atom. The van der Waals surface area contributed by atoms with Crippen molar-refractivity contribution >= 4 is 17.5 Å². The zero-order chi connectivity index (χ0) is 20.5. The molecule has 0 unspecified atom stereocenters. The van der Waals surface area contributed by atoms with Gasteiger partial charge in [0.25, 0.3) is 5.56 Å². The molecule has 142 valence electrons. The molecule has 2 aromatic rings. The number of phenols is 1. The number of aromatic nitrogens is 2. The van der Waals surface area contributed by atoms with Crippen LogP contribution in [-0.2, 0) is 14.1 Å². The maximum atomic E-state index is 12.3. The number of carbonyl (C=O) groups excluding carboxylic acids is 1. The lowest BCUT2D eigenvalue weighted by Crippen LogP contribution is -2.39. The summed E-state index contributed by atoms with van der Waals surface area (Å²) in [5, 5.41) is 30.7. The Morgan fingerprint density at radius 3 is 2.41 bits per heavy atom. The van der Waals surface area contributed by atoms with Crippen LogP contribution in [0.3, 0.4) is 0 Å². The molecule has 27 heavy (non-hydrogen) atoms. The lowest BCUT2D eigenvalue weighted by atomic mass is 10.1. The number of ether oxygens (including phenoxy) is 1. The third-order valence-electron chi connectivity index (χ3n) is 3.80. The highest BCUT2D eigenvalue weighted by Gasteiger charge is 2.21. The van der Waals surface area contributed by atoms with Gasteiger partial charge in [-0.25, -0.2) is 4.79 Å². The van der Waals surface area contributed by atoms with Crippen molar-refractivity contribution in [3.8, 4) is 17.4 Å². The van der Waals surface area contributed by atoms with Crippen LogP contribution in [0.4, 0.5) is 5.69 Å². The minimum atomic E-state index is -0.987. The first-order chi connectivity index (χ1) is 12.6. The molecule has 0 saturated carbocycles. The fraction of sp³-hybridized carbons (Fsp3) is 0.188. The number of methoxy groups -OCH3 is 1. The van der Waals surface area contributed by atoms with E-state index in [-0.39, 0.29) is 11.3 Å². The Bertz CT molecular complexity index is 1090. The van der Waals surface area contributed by atoms with Crippen LogP contribution in [0.25, 0.3) is 6.08 Å². The zero-order valence-corrected chi connectivity index (χ0v) is 14.5. The average molecular weight is 377 g/mol. The minimum Gasteiger partial charge on any atom is -0.500 e. The van der Waals surface area contributed by atoms with Crippen molar-refractivity contribution in [2.45, 2.75) is 0 Å². The summed E-state index contributed by atoms with van der Waals surface area (Å²) < 4.78 is 6.24. The van der Waals surface area contributed by atoms with E-state index in [1.807, 2.05) is 0 Å². The fourth-order valence-electron chi connectivity index (χ4n) is 2.31. The Kier molecular flexibility index (Phi) is 5.15. The summed E-state index contributed by atoms with van der Waals surface area (Å²) in [5.74, 6) is -2.57. The molecule has 0 fully saturated rings. The normalized spacial score (nSPS) is 10.9. The van der Waals surface area contributed by atoms with E-state index in [0.29, 0.717) is 4.57 Å². The van der Waals surface area contributed by atoms with Gasteiger partial charge in [0.15, 0.2) is 11.5 Å². The molecule has 11 heteroatoms. The van der Waals surface area contributed by atoms with E-state index in [9.17, 15) is 34.7 Å². The van der Waals surface area contributed by atoms with Crippen molar-refractivity contribution < 1.29 is 24.7 Å². The van der Waals surface area contributed by atoms with E-state index in [2.05, 4.69) is 0 Å². The molecule has 0 saturated heterocycles. The highest BCUT2D eigenvalue weighted by atomic mass is 16.6.